The van der Waals surface area contributed by atoms with Gasteiger partial charge < -0.3 is 15.2 Å². The van der Waals surface area contributed by atoms with E-state index in [4.69, 9.17) is 21.9 Å². The van der Waals surface area contributed by atoms with Gasteiger partial charge in [-0.05, 0) is 44.7 Å². The molecule has 134 valence electrons. The van der Waals surface area contributed by atoms with Gasteiger partial charge in [0.1, 0.15) is 22.8 Å². The van der Waals surface area contributed by atoms with Crippen LogP contribution < -0.4 is 5.73 Å². The van der Waals surface area contributed by atoms with Crippen molar-refractivity contribution in [3.8, 4) is 11.3 Å². The molecule has 1 fully saturated rings. The summed E-state index contributed by atoms with van der Waals surface area (Å²) in [6.45, 7) is 4.86. The molecule has 1 unspecified atom stereocenters. The summed E-state index contributed by atoms with van der Waals surface area (Å²) in [5.41, 5.74) is 6.47. The van der Waals surface area contributed by atoms with Crippen LogP contribution >= 0.6 is 11.6 Å². The first-order chi connectivity index (χ1) is 11.9. The Labute approximate surface area is 150 Å². The van der Waals surface area contributed by atoms with Gasteiger partial charge in [-0.1, -0.05) is 22.8 Å². The molecule has 2 heterocycles. The standard InChI is InChI=1S/C18H21ClFN3O2/c1-10(21)12-6-8-23(9-7-12)18(24)15-11(2)25-22-17(15)16-13(19)4-3-5-14(16)20/h3-5,10,12H,6-9,21H2,1-2H3. The van der Waals surface area contributed by atoms with E-state index in [1.54, 1.807) is 17.9 Å². The minimum atomic E-state index is -0.537. The maximum absolute atomic E-state index is 14.3. The molecule has 25 heavy (non-hydrogen) atoms. The van der Waals surface area contributed by atoms with Crippen LogP contribution in [0, 0.1) is 18.7 Å². The minimum absolute atomic E-state index is 0.0924. The van der Waals surface area contributed by atoms with Crippen molar-refractivity contribution in [2.24, 2.45) is 11.7 Å². The molecule has 1 aliphatic heterocycles. The quantitative estimate of drug-likeness (QED) is 0.901. The molecule has 1 aromatic heterocycles. The molecule has 2 N–H and O–H groups in total. The third kappa shape index (κ3) is 3.41. The Bertz CT molecular complexity index is 762. The largest absolute Gasteiger partial charge is 0.360 e. The highest BCUT2D eigenvalue weighted by atomic mass is 35.5. The predicted octanol–water partition coefficient (Wildman–Crippen LogP) is 3.64. The first-order valence-corrected chi connectivity index (χ1v) is 8.73. The number of aryl methyl sites for hydroxylation is 1. The van der Waals surface area contributed by atoms with E-state index in [0.29, 0.717) is 24.8 Å². The van der Waals surface area contributed by atoms with Crippen LogP contribution in [0.1, 0.15) is 35.9 Å². The van der Waals surface area contributed by atoms with Gasteiger partial charge in [0, 0.05) is 19.1 Å². The molecule has 2 aromatic rings. The molecule has 0 radical (unpaired) electrons. The average Bonchev–Trinajstić information content (AvgIpc) is 2.95. The number of hydrogen-bond acceptors (Lipinski definition) is 4. The number of piperidine rings is 1. The smallest absolute Gasteiger partial charge is 0.259 e. The number of aromatic nitrogens is 1. The van der Waals surface area contributed by atoms with Gasteiger partial charge in [0.2, 0.25) is 0 Å². The lowest BCUT2D eigenvalue weighted by molar-refractivity contribution is 0.0680. The number of halogens is 2. The van der Waals surface area contributed by atoms with Crippen molar-refractivity contribution < 1.29 is 13.7 Å². The van der Waals surface area contributed by atoms with Crippen LogP contribution in [0.2, 0.25) is 5.02 Å². The topological polar surface area (TPSA) is 72.4 Å². The fourth-order valence-electron chi connectivity index (χ4n) is 3.31. The lowest BCUT2D eigenvalue weighted by atomic mass is 9.90. The van der Waals surface area contributed by atoms with Crippen LogP contribution in [0.3, 0.4) is 0 Å². The Morgan fingerprint density at radius 1 is 1.44 bits per heavy atom. The van der Waals surface area contributed by atoms with Crippen molar-refractivity contribution in [1.29, 1.82) is 0 Å². The van der Waals surface area contributed by atoms with E-state index < -0.39 is 5.82 Å². The Morgan fingerprint density at radius 2 is 2.12 bits per heavy atom. The predicted molar refractivity (Wildman–Crippen MR) is 93.9 cm³/mol. The Morgan fingerprint density at radius 3 is 2.72 bits per heavy atom. The Hall–Kier alpha value is -1.92. The van der Waals surface area contributed by atoms with Gasteiger partial charge >= 0.3 is 0 Å². The van der Waals surface area contributed by atoms with Crippen LogP contribution in [-0.2, 0) is 0 Å². The summed E-state index contributed by atoms with van der Waals surface area (Å²) in [6.07, 6.45) is 1.70. The highest BCUT2D eigenvalue weighted by Crippen LogP contribution is 2.34. The molecule has 5 nitrogen and oxygen atoms in total. The lowest BCUT2D eigenvalue weighted by Gasteiger charge is -2.33. The number of carbonyl (C=O) groups excluding carboxylic acids is 1. The molecule has 3 rings (SSSR count). The molecule has 1 saturated heterocycles. The summed E-state index contributed by atoms with van der Waals surface area (Å²) < 4.78 is 19.5. The lowest BCUT2D eigenvalue weighted by Crippen LogP contribution is -2.42. The Kier molecular flexibility index (Phi) is 5.11. The number of benzene rings is 1. The number of carbonyl (C=O) groups is 1. The van der Waals surface area contributed by atoms with Crippen LogP contribution in [0.5, 0.6) is 0 Å². The number of amides is 1. The first-order valence-electron chi connectivity index (χ1n) is 8.35. The van der Waals surface area contributed by atoms with Crippen molar-refractivity contribution in [2.45, 2.75) is 32.7 Å². The molecule has 1 aliphatic rings. The molecular formula is C18H21ClFN3O2. The van der Waals surface area contributed by atoms with Crippen molar-refractivity contribution in [1.82, 2.24) is 10.1 Å². The van der Waals surface area contributed by atoms with Gasteiger partial charge in [-0.25, -0.2) is 4.39 Å². The van der Waals surface area contributed by atoms with Crippen LogP contribution in [0.4, 0.5) is 4.39 Å². The first kappa shape index (κ1) is 17.9. The Balaban J connectivity index is 1.91. The van der Waals surface area contributed by atoms with Gasteiger partial charge in [0.05, 0.1) is 10.6 Å². The van der Waals surface area contributed by atoms with E-state index in [-0.39, 0.29) is 33.8 Å². The number of nitrogens with two attached hydrogens (primary N) is 1. The summed E-state index contributed by atoms with van der Waals surface area (Å²) >= 11 is 6.13. The fourth-order valence-corrected chi connectivity index (χ4v) is 3.56. The molecule has 7 heteroatoms. The zero-order chi connectivity index (χ0) is 18.1. The summed E-state index contributed by atoms with van der Waals surface area (Å²) in [6, 6.07) is 4.47. The molecule has 1 atom stereocenters. The van der Waals surface area contributed by atoms with E-state index in [1.807, 2.05) is 6.92 Å². The van der Waals surface area contributed by atoms with Gasteiger partial charge in [-0.2, -0.15) is 0 Å². The average molecular weight is 366 g/mol. The van der Waals surface area contributed by atoms with E-state index in [0.717, 1.165) is 12.8 Å². The number of likely N-dealkylation sites (tertiary alicyclic amines) is 1. The summed E-state index contributed by atoms with van der Waals surface area (Å²) in [4.78, 5) is 14.8. The second kappa shape index (κ2) is 7.14. The zero-order valence-electron chi connectivity index (χ0n) is 14.3. The van der Waals surface area contributed by atoms with E-state index in [2.05, 4.69) is 5.16 Å². The number of nitrogens with zero attached hydrogens (tertiary/aromatic N) is 2. The summed E-state index contributed by atoms with van der Waals surface area (Å²) in [5.74, 6) is 0.0171. The monoisotopic (exact) mass is 365 g/mol. The molecule has 1 amide bonds. The second-order valence-electron chi connectivity index (χ2n) is 6.55. The summed E-state index contributed by atoms with van der Waals surface area (Å²) in [7, 11) is 0. The van der Waals surface area contributed by atoms with Crippen molar-refractivity contribution in [3.63, 3.8) is 0 Å². The molecule has 0 saturated carbocycles. The summed E-state index contributed by atoms with van der Waals surface area (Å²) in [5, 5.41) is 4.09. The van der Waals surface area contributed by atoms with Crippen molar-refractivity contribution in [2.75, 3.05) is 13.1 Å². The van der Waals surface area contributed by atoms with Gasteiger partial charge in [-0.15, -0.1) is 0 Å². The maximum Gasteiger partial charge on any atom is 0.259 e. The molecular weight excluding hydrogens is 345 g/mol. The number of rotatable bonds is 3. The number of hydrogen-bond donors (Lipinski definition) is 1. The fraction of sp³-hybridized carbons (Fsp3) is 0.444. The van der Waals surface area contributed by atoms with Gasteiger partial charge in [-0.3, -0.25) is 4.79 Å². The molecule has 0 bridgehead atoms. The zero-order valence-corrected chi connectivity index (χ0v) is 15.0. The van der Waals surface area contributed by atoms with Crippen LogP contribution in [-0.4, -0.2) is 35.1 Å². The molecule has 1 aromatic carbocycles. The third-order valence-corrected chi connectivity index (χ3v) is 5.16. The highest BCUT2D eigenvalue weighted by molar-refractivity contribution is 6.33. The minimum Gasteiger partial charge on any atom is -0.360 e. The van der Waals surface area contributed by atoms with Gasteiger partial charge in [0.25, 0.3) is 5.91 Å². The van der Waals surface area contributed by atoms with E-state index >= 15 is 0 Å². The van der Waals surface area contributed by atoms with Crippen molar-refractivity contribution >= 4 is 17.5 Å². The SMILES string of the molecule is Cc1onc(-c2c(F)cccc2Cl)c1C(=O)N1CCC(C(C)N)CC1. The third-order valence-electron chi connectivity index (χ3n) is 4.85. The second-order valence-corrected chi connectivity index (χ2v) is 6.95. The van der Waals surface area contributed by atoms with E-state index in [9.17, 15) is 9.18 Å². The van der Waals surface area contributed by atoms with Crippen molar-refractivity contribution in [3.05, 3.63) is 40.4 Å². The molecule has 0 aliphatic carbocycles. The van der Waals surface area contributed by atoms with Crippen LogP contribution in [0.25, 0.3) is 11.3 Å². The highest BCUT2D eigenvalue weighted by Gasteiger charge is 2.31. The normalized spacial score (nSPS) is 16.9. The van der Waals surface area contributed by atoms with E-state index in [1.165, 1.54) is 12.1 Å². The van der Waals surface area contributed by atoms with Crippen LogP contribution in [0.15, 0.2) is 22.7 Å². The van der Waals surface area contributed by atoms with Gasteiger partial charge in [0.15, 0.2) is 0 Å². The molecule has 0 spiro atoms. The maximum atomic E-state index is 14.3.